The molecule has 0 spiro atoms. The van der Waals surface area contributed by atoms with E-state index in [2.05, 4.69) is 0 Å². The first-order chi connectivity index (χ1) is 6.56. The summed E-state index contributed by atoms with van der Waals surface area (Å²) in [6, 6.07) is 7.09. The smallest absolute Gasteiger partial charge is 0.170 e. The van der Waals surface area contributed by atoms with Gasteiger partial charge in [0, 0.05) is 0 Å². The largest absolute Gasteiger partial charge is 0.385 e. The van der Waals surface area contributed by atoms with Crippen LogP contribution in [-0.4, -0.2) is 16.3 Å². The SMILES string of the molecule is Cc1ccc(C(O)C(O)C#N)c(C)c1. The van der Waals surface area contributed by atoms with Gasteiger partial charge in [-0.2, -0.15) is 5.26 Å². The standard InChI is InChI=1S/C11H13NO2/c1-7-3-4-9(8(2)5-7)11(14)10(13)6-12/h3-5,10-11,13-14H,1-2H3. The Kier molecular flexibility index (Phi) is 3.23. The van der Waals surface area contributed by atoms with Gasteiger partial charge in [-0.15, -0.1) is 0 Å². The summed E-state index contributed by atoms with van der Waals surface area (Å²) in [5, 5.41) is 27.2. The number of benzene rings is 1. The molecule has 3 heteroatoms. The van der Waals surface area contributed by atoms with Crippen molar-refractivity contribution in [3.05, 3.63) is 34.9 Å². The van der Waals surface area contributed by atoms with Gasteiger partial charge in [-0.25, -0.2) is 0 Å². The topological polar surface area (TPSA) is 64.2 Å². The summed E-state index contributed by atoms with van der Waals surface area (Å²) in [6.07, 6.45) is -2.49. The summed E-state index contributed by atoms with van der Waals surface area (Å²) in [6.45, 7) is 3.79. The molecule has 0 heterocycles. The number of hydrogen-bond donors (Lipinski definition) is 2. The third-order valence-electron chi connectivity index (χ3n) is 2.18. The van der Waals surface area contributed by atoms with E-state index in [-0.39, 0.29) is 0 Å². The molecule has 2 unspecified atom stereocenters. The van der Waals surface area contributed by atoms with Gasteiger partial charge in [-0.1, -0.05) is 23.8 Å². The Hall–Kier alpha value is -1.37. The predicted octanol–water partition coefficient (Wildman–Crippen LogP) is 1.22. The van der Waals surface area contributed by atoms with Crippen molar-refractivity contribution in [1.29, 1.82) is 5.26 Å². The third-order valence-corrected chi connectivity index (χ3v) is 2.18. The Balaban J connectivity index is 3.03. The summed E-state index contributed by atoms with van der Waals surface area (Å²) in [5.41, 5.74) is 2.57. The molecule has 0 aromatic heterocycles. The molecule has 2 atom stereocenters. The lowest BCUT2D eigenvalue weighted by Gasteiger charge is -2.14. The van der Waals surface area contributed by atoms with Crippen LogP contribution in [0.5, 0.6) is 0 Å². The molecular weight excluding hydrogens is 178 g/mol. The molecule has 0 saturated heterocycles. The van der Waals surface area contributed by atoms with Gasteiger partial charge in [-0.3, -0.25) is 0 Å². The maximum atomic E-state index is 9.59. The highest BCUT2D eigenvalue weighted by molar-refractivity contribution is 5.33. The Morgan fingerprint density at radius 1 is 1.29 bits per heavy atom. The Bertz CT molecular complexity index is 368. The van der Waals surface area contributed by atoms with Gasteiger partial charge in [0.1, 0.15) is 6.10 Å². The van der Waals surface area contributed by atoms with E-state index < -0.39 is 12.2 Å². The minimum Gasteiger partial charge on any atom is -0.385 e. The van der Waals surface area contributed by atoms with E-state index in [0.29, 0.717) is 5.56 Å². The van der Waals surface area contributed by atoms with Crippen LogP contribution in [0.3, 0.4) is 0 Å². The fourth-order valence-corrected chi connectivity index (χ4v) is 1.40. The van der Waals surface area contributed by atoms with Gasteiger partial charge < -0.3 is 10.2 Å². The summed E-state index contributed by atoms with van der Waals surface area (Å²) in [5.74, 6) is 0. The molecule has 3 nitrogen and oxygen atoms in total. The molecule has 0 aliphatic heterocycles. The van der Waals surface area contributed by atoms with Gasteiger partial charge in [0.05, 0.1) is 6.07 Å². The third kappa shape index (κ3) is 2.11. The average molecular weight is 191 g/mol. The maximum absolute atomic E-state index is 9.59. The van der Waals surface area contributed by atoms with Crippen LogP contribution < -0.4 is 0 Å². The lowest BCUT2D eigenvalue weighted by molar-refractivity contribution is 0.0523. The van der Waals surface area contributed by atoms with Crippen LogP contribution in [0.2, 0.25) is 0 Å². The molecule has 0 saturated carbocycles. The molecule has 1 rings (SSSR count). The van der Waals surface area contributed by atoms with Crippen LogP contribution in [0.1, 0.15) is 22.8 Å². The molecule has 0 radical (unpaired) electrons. The number of rotatable bonds is 2. The van der Waals surface area contributed by atoms with Gasteiger partial charge in [0.25, 0.3) is 0 Å². The number of aliphatic hydroxyl groups excluding tert-OH is 2. The Morgan fingerprint density at radius 2 is 1.93 bits per heavy atom. The molecule has 14 heavy (non-hydrogen) atoms. The molecule has 0 bridgehead atoms. The van der Waals surface area contributed by atoms with Gasteiger partial charge in [0.2, 0.25) is 0 Å². The second-order valence-electron chi connectivity index (χ2n) is 3.38. The number of nitriles is 1. The predicted molar refractivity (Wildman–Crippen MR) is 52.5 cm³/mol. The average Bonchev–Trinajstić information content (AvgIpc) is 2.15. The summed E-state index contributed by atoms with van der Waals surface area (Å²) >= 11 is 0. The Labute approximate surface area is 83.2 Å². The van der Waals surface area contributed by atoms with Crippen LogP contribution in [0.15, 0.2) is 18.2 Å². The van der Waals surface area contributed by atoms with Crippen molar-refractivity contribution in [1.82, 2.24) is 0 Å². The zero-order valence-electron chi connectivity index (χ0n) is 8.23. The van der Waals surface area contributed by atoms with Crippen LogP contribution in [-0.2, 0) is 0 Å². The van der Waals surface area contributed by atoms with E-state index in [4.69, 9.17) is 10.4 Å². The maximum Gasteiger partial charge on any atom is 0.170 e. The van der Waals surface area contributed by atoms with Crippen LogP contribution >= 0.6 is 0 Å². The second-order valence-corrected chi connectivity index (χ2v) is 3.38. The summed E-state index contributed by atoms with van der Waals surface area (Å²) in [4.78, 5) is 0. The van der Waals surface area contributed by atoms with Crippen molar-refractivity contribution >= 4 is 0 Å². The van der Waals surface area contributed by atoms with Crippen molar-refractivity contribution in [3.8, 4) is 6.07 Å². The molecule has 1 aromatic carbocycles. The van der Waals surface area contributed by atoms with E-state index in [1.165, 1.54) is 0 Å². The highest BCUT2D eigenvalue weighted by Gasteiger charge is 2.18. The summed E-state index contributed by atoms with van der Waals surface area (Å²) in [7, 11) is 0. The number of aliphatic hydroxyl groups is 2. The van der Waals surface area contributed by atoms with E-state index in [9.17, 15) is 5.11 Å². The monoisotopic (exact) mass is 191 g/mol. The van der Waals surface area contributed by atoms with Crippen LogP contribution in [0.4, 0.5) is 0 Å². The van der Waals surface area contributed by atoms with E-state index >= 15 is 0 Å². The van der Waals surface area contributed by atoms with Crippen molar-refractivity contribution in [2.24, 2.45) is 0 Å². The van der Waals surface area contributed by atoms with Crippen LogP contribution in [0.25, 0.3) is 0 Å². The number of hydrogen-bond acceptors (Lipinski definition) is 3. The van der Waals surface area contributed by atoms with E-state index in [1.54, 1.807) is 12.1 Å². The minimum absolute atomic E-state index is 0.602. The number of nitrogens with zero attached hydrogens (tertiary/aromatic N) is 1. The van der Waals surface area contributed by atoms with E-state index in [1.807, 2.05) is 26.0 Å². The fourth-order valence-electron chi connectivity index (χ4n) is 1.40. The van der Waals surface area contributed by atoms with Crippen molar-refractivity contribution in [2.45, 2.75) is 26.1 Å². The lowest BCUT2D eigenvalue weighted by Crippen LogP contribution is -2.16. The van der Waals surface area contributed by atoms with Crippen molar-refractivity contribution in [2.75, 3.05) is 0 Å². The zero-order chi connectivity index (χ0) is 10.7. The molecule has 74 valence electrons. The first-order valence-corrected chi connectivity index (χ1v) is 4.39. The van der Waals surface area contributed by atoms with Gasteiger partial charge >= 0.3 is 0 Å². The fraction of sp³-hybridized carbons (Fsp3) is 0.364. The van der Waals surface area contributed by atoms with Gasteiger partial charge in [0.15, 0.2) is 6.10 Å². The second kappa shape index (κ2) is 4.23. The molecule has 2 N–H and O–H groups in total. The first-order valence-electron chi connectivity index (χ1n) is 4.39. The van der Waals surface area contributed by atoms with E-state index in [0.717, 1.165) is 11.1 Å². The zero-order valence-corrected chi connectivity index (χ0v) is 8.23. The summed E-state index contributed by atoms with van der Waals surface area (Å²) < 4.78 is 0. The molecule has 0 amide bonds. The van der Waals surface area contributed by atoms with Crippen molar-refractivity contribution in [3.63, 3.8) is 0 Å². The normalized spacial score (nSPS) is 14.5. The molecule has 1 aromatic rings. The molecule has 0 aliphatic carbocycles. The molecule has 0 fully saturated rings. The van der Waals surface area contributed by atoms with Crippen LogP contribution in [0, 0.1) is 25.2 Å². The molecule has 0 aliphatic rings. The van der Waals surface area contributed by atoms with Crippen molar-refractivity contribution < 1.29 is 10.2 Å². The first kappa shape index (κ1) is 10.7. The minimum atomic E-state index is -1.36. The Morgan fingerprint density at radius 3 is 2.43 bits per heavy atom. The number of aryl methyl sites for hydroxylation is 2. The molecular formula is C11H13NO2. The highest BCUT2D eigenvalue weighted by atomic mass is 16.3. The highest BCUT2D eigenvalue weighted by Crippen LogP contribution is 2.21. The quantitative estimate of drug-likeness (QED) is 0.691. The van der Waals surface area contributed by atoms with Gasteiger partial charge in [-0.05, 0) is 25.0 Å². The lowest BCUT2D eigenvalue weighted by atomic mass is 9.98.